The van der Waals surface area contributed by atoms with Gasteiger partial charge in [0.05, 0.1) is 17.8 Å². The fraction of sp³-hybridized carbons (Fsp3) is 0.312. The predicted octanol–water partition coefficient (Wildman–Crippen LogP) is 2.80. The molecule has 3 aromatic rings. The van der Waals surface area contributed by atoms with E-state index in [2.05, 4.69) is 30.8 Å². The second kappa shape index (κ2) is 7.39. The first-order valence-corrected chi connectivity index (χ1v) is 7.77. The van der Waals surface area contributed by atoms with Gasteiger partial charge in [-0.25, -0.2) is 18.7 Å². The molecule has 7 nitrogen and oxygen atoms in total. The van der Waals surface area contributed by atoms with Crippen molar-refractivity contribution in [3.8, 4) is 5.69 Å². The second-order valence-corrected chi connectivity index (χ2v) is 5.53. The van der Waals surface area contributed by atoms with Crippen molar-refractivity contribution in [3.05, 3.63) is 59.9 Å². The Labute approximate surface area is 143 Å². The molecule has 130 valence electrons. The molecule has 2 heterocycles. The molecule has 0 aliphatic carbocycles. The van der Waals surface area contributed by atoms with Crippen LogP contribution in [0.1, 0.15) is 49.7 Å². The van der Waals surface area contributed by atoms with Gasteiger partial charge in [0.25, 0.3) is 6.43 Å². The van der Waals surface area contributed by atoms with Gasteiger partial charge in [-0.1, -0.05) is 18.2 Å². The molecule has 2 atom stereocenters. The van der Waals surface area contributed by atoms with Crippen LogP contribution in [0.25, 0.3) is 5.69 Å². The molecule has 2 aromatic heterocycles. The summed E-state index contributed by atoms with van der Waals surface area (Å²) in [5.41, 5.74) is 0.542. The van der Waals surface area contributed by atoms with Crippen molar-refractivity contribution in [2.75, 3.05) is 0 Å². The van der Waals surface area contributed by atoms with E-state index >= 15 is 0 Å². The Kier molecular flexibility index (Phi) is 5.03. The van der Waals surface area contributed by atoms with Gasteiger partial charge in [0.2, 0.25) is 0 Å². The van der Waals surface area contributed by atoms with Gasteiger partial charge < -0.3 is 0 Å². The Bertz CT molecular complexity index is 822. The lowest BCUT2D eigenvalue weighted by Gasteiger charge is -2.18. The molecule has 0 amide bonds. The molecule has 0 aliphatic rings. The van der Waals surface area contributed by atoms with E-state index in [1.807, 2.05) is 37.3 Å². The number of nitrogens with one attached hydrogen (secondary N) is 1. The maximum atomic E-state index is 12.8. The second-order valence-electron chi connectivity index (χ2n) is 5.53. The van der Waals surface area contributed by atoms with Crippen LogP contribution in [0, 0.1) is 0 Å². The molecule has 0 spiro atoms. The number of benzene rings is 1. The molecule has 1 aromatic carbocycles. The topological polar surface area (TPSA) is 81.4 Å². The highest BCUT2D eigenvalue weighted by molar-refractivity contribution is 5.30. The fourth-order valence-corrected chi connectivity index (χ4v) is 2.46. The normalized spacial score (nSPS) is 13.8. The van der Waals surface area contributed by atoms with E-state index < -0.39 is 6.43 Å². The predicted molar refractivity (Wildman–Crippen MR) is 86.1 cm³/mol. The van der Waals surface area contributed by atoms with Crippen molar-refractivity contribution in [1.82, 2.24) is 35.5 Å². The Morgan fingerprint density at radius 2 is 1.80 bits per heavy atom. The van der Waals surface area contributed by atoms with Crippen LogP contribution in [-0.2, 0) is 0 Å². The first-order chi connectivity index (χ1) is 12.1. The van der Waals surface area contributed by atoms with E-state index in [9.17, 15) is 8.78 Å². The molecular formula is C16H17F2N7. The van der Waals surface area contributed by atoms with Gasteiger partial charge in [-0.3, -0.25) is 5.32 Å². The van der Waals surface area contributed by atoms with E-state index in [4.69, 9.17) is 0 Å². The molecule has 1 N–H and O–H groups in total. The average molecular weight is 345 g/mol. The fourth-order valence-electron chi connectivity index (χ4n) is 2.46. The zero-order chi connectivity index (χ0) is 17.8. The number of tetrazole rings is 1. The van der Waals surface area contributed by atoms with Crippen LogP contribution in [0.4, 0.5) is 8.78 Å². The third-order valence-corrected chi connectivity index (χ3v) is 3.69. The number of nitrogens with zero attached hydrogens (tertiary/aromatic N) is 6. The summed E-state index contributed by atoms with van der Waals surface area (Å²) in [5, 5.41) is 15.0. The van der Waals surface area contributed by atoms with E-state index in [0.717, 1.165) is 5.69 Å². The van der Waals surface area contributed by atoms with Crippen molar-refractivity contribution >= 4 is 0 Å². The molecule has 9 heteroatoms. The molecule has 0 saturated heterocycles. The summed E-state index contributed by atoms with van der Waals surface area (Å²) in [6.07, 6.45) is -1.29. The largest absolute Gasteiger partial charge is 0.298 e. The first kappa shape index (κ1) is 17.0. The summed E-state index contributed by atoms with van der Waals surface area (Å²) in [6.45, 7) is 3.69. The summed E-state index contributed by atoms with van der Waals surface area (Å²) >= 11 is 0. The number of aromatic nitrogens is 6. The SMILES string of the molecule is CC(NC(C)c1nnnn1-c1ccccc1)c1nccc(C(F)F)n1. The van der Waals surface area contributed by atoms with Crippen LogP contribution < -0.4 is 5.32 Å². The van der Waals surface area contributed by atoms with E-state index in [-0.39, 0.29) is 17.8 Å². The van der Waals surface area contributed by atoms with Crippen molar-refractivity contribution in [2.45, 2.75) is 32.4 Å². The third-order valence-electron chi connectivity index (χ3n) is 3.69. The van der Waals surface area contributed by atoms with Gasteiger partial charge in [-0.2, -0.15) is 4.68 Å². The van der Waals surface area contributed by atoms with Crippen molar-refractivity contribution in [2.24, 2.45) is 0 Å². The van der Waals surface area contributed by atoms with Gasteiger partial charge >= 0.3 is 0 Å². The maximum Gasteiger partial charge on any atom is 0.280 e. The zero-order valence-corrected chi connectivity index (χ0v) is 13.7. The van der Waals surface area contributed by atoms with Crippen molar-refractivity contribution in [1.29, 1.82) is 0 Å². The first-order valence-electron chi connectivity index (χ1n) is 7.77. The smallest absolute Gasteiger partial charge is 0.280 e. The molecular weight excluding hydrogens is 328 g/mol. The van der Waals surface area contributed by atoms with Crippen LogP contribution in [0.15, 0.2) is 42.6 Å². The van der Waals surface area contributed by atoms with Crippen molar-refractivity contribution in [3.63, 3.8) is 0 Å². The van der Waals surface area contributed by atoms with Gasteiger partial charge in [-0.05, 0) is 42.5 Å². The molecule has 0 radical (unpaired) electrons. The van der Waals surface area contributed by atoms with Crippen LogP contribution in [-0.4, -0.2) is 30.2 Å². The van der Waals surface area contributed by atoms with Gasteiger partial charge in [0.15, 0.2) is 5.82 Å². The van der Waals surface area contributed by atoms with Crippen LogP contribution in [0.5, 0.6) is 0 Å². The lowest BCUT2D eigenvalue weighted by atomic mass is 10.2. The highest BCUT2D eigenvalue weighted by atomic mass is 19.3. The van der Waals surface area contributed by atoms with Crippen molar-refractivity contribution < 1.29 is 8.78 Å². The summed E-state index contributed by atoms with van der Waals surface area (Å²) in [7, 11) is 0. The van der Waals surface area contributed by atoms with Gasteiger partial charge in [-0.15, -0.1) is 5.10 Å². The lowest BCUT2D eigenvalue weighted by molar-refractivity contribution is 0.145. The van der Waals surface area contributed by atoms with Gasteiger partial charge in [0.1, 0.15) is 11.5 Å². The summed E-state index contributed by atoms with van der Waals surface area (Å²) in [5.74, 6) is 0.895. The molecule has 2 unspecified atom stereocenters. The Hall–Kier alpha value is -2.81. The summed E-state index contributed by atoms with van der Waals surface area (Å²) in [4.78, 5) is 7.98. The Balaban J connectivity index is 1.78. The summed E-state index contributed by atoms with van der Waals surface area (Å²) < 4.78 is 27.2. The standard InChI is InChI=1S/C16H17F2N7/c1-10(15-19-9-8-13(21-15)14(17)18)20-11(2)16-22-23-24-25(16)12-6-4-3-5-7-12/h3-11,14,20H,1-2H3. The van der Waals surface area contributed by atoms with Crippen LogP contribution in [0.2, 0.25) is 0 Å². The van der Waals surface area contributed by atoms with E-state index in [1.54, 1.807) is 11.6 Å². The molecule has 3 rings (SSSR count). The lowest BCUT2D eigenvalue weighted by Crippen LogP contribution is -2.26. The van der Waals surface area contributed by atoms with E-state index in [1.165, 1.54) is 12.3 Å². The average Bonchev–Trinajstić information content (AvgIpc) is 3.12. The number of hydrogen-bond acceptors (Lipinski definition) is 6. The van der Waals surface area contributed by atoms with E-state index in [0.29, 0.717) is 11.6 Å². The minimum Gasteiger partial charge on any atom is -0.298 e. The third kappa shape index (κ3) is 3.82. The van der Waals surface area contributed by atoms with Crippen LogP contribution >= 0.6 is 0 Å². The number of hydrogen-bond donors (Lipinski definition) is 1. The molecule has 0 saturated carbocycles. The molecule has 0 fully saturated rings. The Morgan fingerprint density at radius 1 is 1.04 bits per heavy atom. The number of halogens is 2. The summed E-state index contributed by atoms with van der Waals surface area (Å²) in [6, 6.07) is 10.1. The monoisotopic (exact) mass is 345 g/mol. The maximum absolute atomic E-state index is 12.8. The molecule has 0 aliphatic heterocycles. The number of para-hydroxylation sites is 1. The Morgan fingerprint density at radius 3 is 2.52 bits per heavy atom. The minimum atomic E-state index is -2.63. The minimum absolute atomic E-state index is 0.246. The molecule has 25 heavy (non-hydrogen) atoms. The highest BCUT2D eigenvalue weighted by Gasteiger charge is 2.20. The van der Waals surface area contributed by atoms with Crippen LogP contribution in [0.3, 0.4) is 0 Å². The molecule has 0 bridgehead atoms. The number of alkyl halides is 2. The van der Waals surface area contributed by atoms with Gasteiger partial charge in [0, 0.05) is 6.20 Å². The highest BCUT2D eigenvalue weighted by Crippen LogP contribution is 2.20. The number of rotatable bonds is 6. The quantitative estimate of drug-likeness (QED) is 0.740. The zero-order valence-electron chi connectivity index (χ0n) is 13.7.